The minimum Gasteiger partial charge on any atom is -0.423 e. The molecule has 3 nitrogen and oxygen atoms in total. The maximum absolute atomic E-state index is 9.53. The highest BCUT2D eigenvalue weighted by atomic mass is 16.4. The Kier molecular flexibility index (Phi) is 3.85. The van der Waals surface area contributed by atoms with Gasteiger partial charge in [-0.05, 0) is 16.2 Å². The Balaban J connectivity index is 2.69. The lowest BCUT2D eigenvalue weighted by atomic mass is 9.59. The van der Waals surface area contributed by atoms with Crippen molar-refractivity contribution in [3.05, 3.63) is 0 Å². The SMILES string of the molecule is [B]c1c([B])c([B])c2c([nH]c3c([B])c([B])c(B(O)O)c([B])c32)c1[B]. The predicted molar refractivity (Wildman–Crippen MR) is 103 cm³/mol. The van der Waals surface area contributed by atoms with Gasteiger partial charge in [0.15, 0.2) is 0 Å². The van der Waals surface area contributed by atoms with Gasteiger partial charge in [-0.2, -0.15) is 0 Å². The van der Waals surface area contributed by atoms with Crippen LogP contribution in [0.1, 0.15) is 0 Å². The Labute approximate surface area is 143 Å². The van der Waals surface area contributed by atoms with Gasteiger partial charge in [0.05, 0.1) is 0 Å². The average molecular weight is 280 g/mol. The van der Waals surface area contributed by atoms with Crippen molar-refractivity contribution < 1.29 is 10.0 Å². The fraction of sp³-hybridized carbons (Fsp3) is 0. The summed E-state index contributed by atoms with van der Waals surface area (Å²) >= 11 is 0. The lowest BCUT2D eigenvalue weighted by Gasteiger charge is -2.17. The van der Waals surface area contributed by atoms with E-state index in [0.717, 1.165) is 0 Å². The van der Waals surface area contributed by atoms with Crippen molar-refractivity contribution in [1.29, 1.82) is 0 Å². The van der Waals surface area contributed by atoms with Gasteiger partial charge in [0.2, 0.25) is 0 Å². The average Bonchev–Trinajstić information content (AvgIpc) is 2.89. The van der Waals surface area contributed by atoms with E-state index in [0.29, 0.717) is 21.8 Å². The molecule has 0 aliphatic rings. The molecule has 0 saturated carbocycles. The first-order valence-electron chi connectivity index (χ1n) is 6.58. The van der Waals surface area contributed by atoms with Gasteiger partial charge in [-0.15, -0.1) is 16.4 Å². The molecule has 0 aliphatic carbocycles. The molecule has 23 heavy (non-hydrogen) atoms. The summed E-state index contributed by atoms with van der Waals surface area (Å²) in [7, 11) is 39.7. The van der Waals surface area contributed by atoms with E-state index in [2.05, 4.69) is 4.98 Å². The van der Waals surface area contributed by atoms with Crippen molar-refractivity contribution in [2.75, 3.05) is 0 Å². The highest BCUT2D eigenvalue weighted by Crippen LogP contribution is 2.17. The molecule has 3 N–H and O–H groups in total. The number of rotatable bonds is 1. The molecule has 3 aromatic rings. The van der Waals surface area contributed by atoms with E-state index in [9.17, 15) is 10.0 Å². The van der Waals surface area contributed by atoms with Crippen LogP contribution in [0.3, 0.4) is 0 Å². The Bertz CT molecular complexity index is 981. The first-order chi connectivity index (χ1) is 10.7. The maximum atomic E-state index is 9.53. The third-order valence-corrected chi connectivity index (χ3v) is 4.08. The van der Waals surface area contributed by atoms with E-state index in [-0.39, 0.29) is 43.7 Å². The minimum atomic E-state index is -1.91. The van der Waals surface area contributed by atoms with Crippen molar-refractivity contribution in [2.24, 2.45) is 0 Å². The van der Waals surface area contributed by atoms with Gasteiger partial charge in [-0.3, -0.25) is 0 Å². The number of hydrogen-bond acceptors (Lipinski definition) is 2. The fourth-order valence-corrected chi connectivity index (χ4v) is 2.84. The number of nitrogens with one attached hydrogen (secondary N) is 1. The number of fused-ring (bicyclic) bond motifs is 3. The van der Waals surface area contributed by atoms with Crippen LogP contribution in [0.5, 0.6) is 0 Å². The molecule has 0 spiro atoms. The van der Waals surface area contributed by atoms with Crippen LogP contribution in [0.15, 0.2) is 0 Å². The third-order valence-electron chi connectivity index (χ3n) is 4.08. The minimum absolute atomic E-state index is 0.0169. The molecule has 11 heteroatoms. The summed E-state index contributed by atoms with van der Waals surface area (Å²) in [6, 6.07) is 0. The van der Waals surface area contributed by atoms with Crippen LogP contribution in [0, 0.1) is 0 Å². The summed E-state index contributed by atoms with van der Waals surface area (Å²) in [5, 5.41) is 19.8. The lowest BCUT2D eigenvalue weighted by Crippen LogP contribution is -2.56. The monoisotopic (exact) mass is 281 g/mol. The molecule has 14 radical (unpaired) electrons. The van der Waals surface area contributed by atoms with Gasteiger partial charge in [0, 0.05) is 11.0 Å². The lowest BCUT2D eigenvalue weighted by molar-refractivity contribution is 0.426. The van der Waals surface area contributed by atoms with Crippen molar-refractivity contribution in [1.82, 2.24) is 4.98 Å². The largest absolute Gasteiger partial charge is 0.487 e. The van der Waals surface area contributed by atoms with Crippen molar-refractivity contribution in [3.8, 4) is 0 Å². The summed E-state index contributed by atoms with van der Waals surface area (Å²) in [6.07, 6.45) is 0. The second-order valence-electron chi connectivity index (χ2n) is 5.31. The zero-order chi connectivity index (χ0) is 17.2. The van der Waals surface area contributed by atoms with Crippen LogP contribution in [0.25, 0.3) is 21.8 Å². The van der Waals surface area contributed by atoms with Crippen LogP contribution >= 0.6 is 0 Å². The molecule has 0 bridgehead atoms. The van der Waals surface area contributed by atoms with Crippen molar-refractivity contribution >= 4 is 128 Å². The third kappa shape index (κ3) is 2.10. The molecule has 92 valence electrons. The van der Waals surface area contributed by atoms with E-state index in [1.54, 1.807) is 0 Å². The number of aromatic nitrogens is 1. The summed E-state index contributed by atoms with van der Waals surface area (Å²) in [5.41, 5.74) is 1.30. The summed E-state index contributed by atoms with van der Waals surface area (Å²) in [6.45, 7) is 0. The van der Waals surface area contributed by atoms with Crippen molar-refractivity contribution in [3.63, 3.8) is 0 Å². The Morgan fingerprint density at radius 2 is 1.00 bits per heavy atom. The first kappa shape index (κ1) is 16.5. The first-order valence-corrected chi connectivity index (χ1v) is 6.58. The van der Waals surface area contributed by atoms with Crippen LogP contribution < -0.4 is 43.7 Å². The van der Waals surface area contributed by atoms with Gasteiger partial charge < -0.3 is 15.0 Å². The van der Waals surface area contributed by atoms with Gasteiger partial charge in [0.1, 0.15) is 54.9 Å². The molecule has 0 amide bonds. The predicted octanol–water partition coefficient (Wildman–Crippen LogP) is -7.44. The second kappa shape index (κ2) is 5.35. The summed E-state index contributed by atoms with van der Waals surface area (Å²) in [5.74, 6) is 0. The summed E-state index contributed by atoms with van der Waals surface area (Å²) in [4.78, 5) is 2.98. The molecule has 0 aliphatic heterocycles. The second-order valence-corrected chi connectivity index (χ2v) is 5.31. The molecular weight excluding hydrogens is 277 g/mol. The Morgan fingerprint density at radius 1 is 0.565 bits per heavy atom. The Morgan fingerprint density at radius 3 is 1.52 bits per heavy atom. The summed E-state index contributed by atoms with van der Waals surface area (Å²) < 4.78 is 0. The number of H-pyrrole nitrogens is 1. The molecule has 2 aromatic carbocycles. The zero-order valence-electron chi connectivity index (χ0n) is 12.0. The highest BCUT2D eigenvalue weighted by molar-refractivity contribution is 6.76. The van der Waals surface area contributed by atoms with Gasteiger partial charge in [-0.1, -0.05) is 21.9 Å². The molecular formula is C12H3B8NO2. The molecule has 0 fully saturated rings. The molecule has 0 unspecified atom stereocenters. The Hall–Kier alpha value is -1.32. The topological polar surface area (TPSA) is 56.2 Å². The highest BCUT2D eigenvalue weighted by Gasteiger charge is 2.23. The van der Waals surface area contributed by atoms with E-state index in [1.807, 2.05) is 0 Å². The molecule has 0 atom stereocenters. The zero-order valence-corrected chi connectivity index (χ0v) is 12.0. The van der Waals surface area contributed by atoms with Gasteiger partial charge in [0.25, 0.3) is 0 Å². The maximum Gasteiger partial charge on any atom is 0.487 e. The normalized spacial score (nSPS) is 11.4. The molecule has 3 rings (SSSR count). The molecule has 0 saturated heterocycles. The van der Waals surface area contributed by atoms with Crippen LogP contribution in [0.4, 0.5) is 0 Å². The molecule has 1 aromatic heterocycles. The number of aromatic amines is 1. The fourth-order valence-electron chi connectivity index (χ4n) is 2.84. The van der Waals surface area contributed by atoms with Crippen LogP contribution in [-0.4, -0.2) is 77.1 Å². The molecule has 1 heterocycles. The van der Waals surface area contributed by atoms with Crippen LogP contribution in [0.2, 0.25) is 0 Å². The van der Waals surface area contributed by atoms with Crippen LogP contribution in [-0.2, 0) is 0 Å². The van der Waals surface area contributed by atoms with Gasteiger partial charge in [-0.25, -0.2) is 0 Å². The quantitative estimate of drug-likeness (QED) is 0.388. The van der Waals surface area contributed by atoms with Crippen molar-refractivity contribution in [2.45, 2.75) is 0 Å². The standard InChI is InChI=1S/C12H3B8NO2/c13-3-1-2-4(14)10(20(22)23)7(17)9(19)12(2)21-11(1)8(18)6(16)5(3)15/h21-23H. The van der Waals surface area contributed by atoms with E-state index in [4.69, 9.17) is 54.9 Å². The van der Waals surface area contributed by atoms with E-state index >= 15 is 0 Å². The van der Waals surface area contributed by atoms with E-state index in [1.165, 1.54) is 0 Å². The number of benzene rings is 2. The van der Waals surface area contributed by atoms with Gasteiger partial charge >= 0.3 is 7.12 Å². The number of hydrogen-bond donors (Lipinski definition) is 3. The van der Waals surface area contributed by atoms with E-state index < -0.39 is 7.12 Å². The smallest absolute Gasteiger partial charge is 0.423 e.